The number of carboxylic acid groups (broad SMARTS) is 1. The molecule has 1 fully saturated rings. The number of nitrogens with zero attached hydrogens (tertiary/aromatic N) is 2. The fourth-order valence-electron chi connectivity index (χ4n) is 3.29. The second-order valence-electron chi connectivity index (χ2n) is 6.62. The van der Waals surface area contributed by atoms with Crippen molar-refractivity contribution >= 4 is 33.3 Å². The first-order valence-electron chi connectivity index (χ1n) is 8.80. The third-order valence-corrected chi connectivity index (χ3v) is 5.94. The lowest BCUT2D eigenvalue weighted by molar-refractivity contribution is -0.136. The number of morpholine rings is 1. The lowest BCUT2D eigenvalue weighted by atomic mass is 10.1. The number of sulfonamides is 1. The zero-order valence-corrected chi connectivity index (χ0v) is 15.7. The monoisotopic (exact) mass is 397 g/mol. The van der Waals surface area contributed by atoms with Crippen molar-refractivity contribution in [2.45, 2.75) is 12.8 Å². The number of anilines is 2. The molecule has 0 atom stereocenters. The van der Waals surface area contributed by atoms with Crippen molar-refractivity contribution < 1.29 is 27.9 Å². The van der Waals surface area contributed by atoms with Crippen LogP contribution in [-0.4, -0.2) is 75.4 Å². The molecule has 0 bridgehead atoms. The molecular formula is C17H23N3O6S. The molecule has 0 spiro atoms. The predicted molar refractivity (Wildman–Crippen MR) is 99.4 cm³/mol. The van der Waals surface area contributed by atoms with E-state index in [1.165, 1.54) is 4.90 Å². The van der Waals surface area contributed by atoms with E-state index < -0.39 is 22.5 Å². The van der Waals surface area contributed by atoms with E-state index in [4.69, 9.17) is 9.84 Å². The van der Waals surface area contributed by atoms with Gasteiger partial charge in [-0.05, 0) is 36.7 Å². The third-order valence-electron chi connectivity index (χ3n) is 4.57. The topological polar surface area (TPSA) is 116 Å². The highest BCUT2D eigenvalue weighted by Crippen LogP contribution is 2.31. The minimum Gasteiger partial charge on any atom is -0.480 e. The summed E-state index contributed by atoms with van der Waals surface area (Å²) in [7, 11) is -3.50. The highest BCUT2D eigenvalue weighted by molar-refractivity contribution is 7.92. The average Bonchev–Trinajstić information content (AvgIpc) is 2.89. The fourth-order valence-corrected chi connectivity index (χ4v) is 4.39. The van der Waals surface area contributed by atoms with Crippen LogP contribution >= 0.6 is 0 Å². The molecule has 0 aliphatic carbocycles. The third kappa shape index (κ3) is 5.18. The molecule has 9 nitrogen and oxygen atoms in total. The van der Waals surface area contributed by atoms with Crippen molar-refractivity contribution in [2.75, 3.05) is 54.8 Å². The predicted octanol–water partition coefficient (Wildman–Crippen LogP) is 0.124. The van der Waals surface area contributed by atoms with Crippen LogP contribution in [0.1, 0.15) is 12.0 Å². The molecule has 10 heteroatoms. The summed E-state index contributed by atoms with van der Waals surface area (Å²) in [4.78, 5) is 26.2. The zero-order valence-electron chi connectivity index (χ0n) is 14.9. The molecule has 1 saturated heterocycles. The number of nitrogens with one attached hydrogen (secondary N) is 1. The molecule has 1 aromatic rings. The van der Waals surface area contributed by atoms with Gasteiger partial charge in [0, 0.05) is 24.5 Å². The number of hydrogen-bond acceptors (Lipinski definition) is 6. The number of carboxylic acids is 1. The molecule has 0 aromatic heterocycles. The fraction of sp³-hybridized carbons (Fsp3) is 0.529. The van der Waals surface area contributed by atoms with Crippen LogP contribution in [0.3, 0.4) is 0 Å². The summed E-state index contributed by atoms with van der Waals surface area (Å²) in [5.41, 5.74) is 1.51. The van der Waals surface area contributed by atoms with Crippen LogP contribution in [0.4, 0.5) is 11.4 Å². The van der Waals surface area contributed by atoms with E-state index in [9.17, 15) is 18.0 Å². The van der Waals surface area contributed by atoms with E-state index in [1.807, 2.05) is 0 Å². The average molecular weight is 397 g/mol. The van der Waals surface area contributed by atoms with Crippen LogP contribution in [0.2, 0.25) is 0 Å². The van der Waals surface area contributed by atoms with Crippen LogP contribution in [0.15, 0.2) is 18.2 Å². The van der Waals surface area contributed by atoms with Gasteiger partial charge >= 0.3 is 5.97 Å². The van der Waals surface area contributed by atoms with Crippen LogP contribution in [0, 0.1) is 0 Å². The molecule has 2 aliphatic heterocycles. The summed E-state index contributed by atoms with van der Waals surface area (Å²) in [5.74, 6) is -1.40. The highest BCUT2D eigenvalue weighted by Gasteiger charge is 2.29. The first-order chi connectivity index (χ1) is 12.8. The molecule has 1 aromatic carbocycles. The molecule has 0 saturated carbocycles. The Morgan fingerprint density at radius 3 is 2.70 bits per heavy atom. The molecule has 0 unspecified atom stereocenters. The van der Waals surface area contributed by atoms with Gasteiger partial charge in [0.05, 0.1) is 25.4 Å². The number of ether oxygens (including phenoxy) is 1. The maximum atomic E-state index is 12.3. The van der Waals surface area contributed by atoms with Crippen LogP contribution in [-0.2, 0) is 30.8 Å². The molecule has 1 amide bonds. The molecule has 0 radical (unpaired) electrons. The van der Waals surface area contributed by atoms with Gasteiger partial charge in [-0.2, -0.15) is 0 Å². The first-order valence-corrected chi connectivity index (χ1v) is 10.4. The van der Waals surface area contributed by atoms with Crippen LogP contribution in [0.25, 0.3) is 0 Å². The molecule has 2 N–H and O–H groups in total. The minimum atomic E-state index is -3.50. The summed E-state index contributed by atoms with van der Waals surface area (Å²) >= 11 is 0. The van der Waals surface area contributed by atoms with Crippen LogP contribution in [0.5, 0.6) is 0 Å². The van der Waals surface area contributed by atoms with E-state index in [2.05, 4.69) is 9.62 Å². The van der Waals surface area contributed by atoms with Gasteiger partial charge in [-0.3, -0.25) is 19.2 Å². The summed E-state index contributed by atoms with van der Waals surface area (Å²) in [5, 5.41) is 8.91. The summed E-state index contributed by atoms with van der Waals surface area (Å²) in [6, 6.07) is 4.72. The van der Waals surface area contributed by atoms with Crippen molar-refractivity contribution in [1.82, 2.24) is 4.90 Å². The van der Waals surface area contributed by atoms with Crippen LogP contribution < -0.4 is 9.62 Å². The Bertz CT molecular complexity index is 820. The number of aliphatic carboxylic acids is 1. The Hall–Kier alpha value is -2.17. The van der Waals surface area contributed by atoms with E-state index in [0.717, 1.165) is 13.1 Å². The van der Waals surface area contributed by atoms with E-state index in [0.29, 0.717) is 43.1 Å². The van der Waals surface area contributed by atoms with Crippen molar-refractivity contribution in [3.8, 4) is 0 Å². The molecular weight excluding hydrogens is 374 g/mol. The van der Waals surface area contributed by atoms with E-state index >= 15 is 0 Å². The van der Waals surface area contributed by atoms with Gasteiger partial charge in [-0.15, -0.1) is 0 Å². The lowest BCUT2D eigenvalue weighted by Crippen LogP contribution is -2.37. The Labute approximate surface area is 157 Å². The summed E-state index contributed by atoms with van der Waals surface area (Å²) < 4.78 is 32.4. The normalized spacial score (nSPS) is 17.8. The molecule has 27 heavy (non-hydrogen) atoms. The quantitative estimate of drug-likeness (QED) is 0.640. The van der Waals surface area contributed by atoms with Gasteiger partial charge in [-0.1, -0.05) is 0 Å². The van der Waals surface area contributed by atoms with E-state index in [1.54, 1.807) is 18.2 Å². The van der Waals surface area contributed by atoms with Gasteiger partial charge in [0.15, 0.2) is 0 Å². The van der Waals surface area contributed by atoms with Crippen molar-refractivity contribution in [1.29, 1.82) is 0 Å². The largest absolute Gasteiger partial charge is 0.480 e. The van der Waals surface area contributed by atoms with Gasteiger partial charge in [0.2, 0.25) is 15.9 Å². The standard InChI is InChI=1S/C17H23N3O6S/c21-16-11-13-10-14(2-3-15(13)20(16)12-17(22)23)18-27(24,25)9-1-4-19-5-7-26-8-6-19/h2-3,10,18H,1,4-9,11-12H2,(H,22,23). The van der Waals surface area contributed by atoms with Crippen molar-refractivity contribution in [3.63, 3.8) is 0 Å². The maximum Gasteiger partial charge on any atom is 0.323 e. The van der Waals surface area contributed by atoms with Gasteiger partial charge < -0.3 is 14.7 Å². The molecule has 148 valence electrons. The Balaban J connectivity index is 1.58. The van der Waals surface area contributed by atoms with Gasteiger partial charge in [0.1, 0.15) is 6.54 Å². The van der Waals surface area contributed by atoms with Crippen molar-refractivity contribution in [3.05, 3.63) is 23.8 Å². The van der Waals surface area contributed by atoms with Gasteiger partial charge in [0.25, 0.3) is 0 Å². The summed E-state index contributed by atoms with van der Waals surface area (Å²) in [6.07, 6.45) is 0.584. The SMILES string of the molecule is O=C(O)CN1C(=O)Cc2cc(NS(=O)(=O)CCCN3CCOCC3)ccc21. The molecule has 2 heterocycles. The van der Waals surface area contributed by atoms with Crippen molar-refractivity contribution in [2.24, 2.45) is 0 Å². The number of benzene rings is 1. The smallest absolute Gasteiger partial charge is 0.323 e. The number of amides is 1. The molecule has 3 rings (SSSR count). The number of carbonyl (C=O) groups excluding carboxylic acids is 1. The zero-order chi connectivity index (χ0) is 19.4. The minimum absolute atomic E-state index is 0.00547. The number of rotatable bonds is 8. The van der Waals surface area contributed by atoms with Gasteiger partial charge in [-0.25, -0.2) is 8.42 Å². The molecule has 2 aliphatic rings. The Kier molecular flexibility index (Phi) is 5.98. The maximum absolute atomic E-state index is 12.3. The number of fused-ring (bicyclic) bond motifs is 1. The summed E-state index contributed by atoms with van der Waals surface area (Å²) in [6.45, 7) is 3.29. The Morgan fingerprint density at radius 1 is 1.26 bits per heavy atom. The second kappa shape index (κ2) is 8.24. The number of hydrogen-bond donors (Lipinski definition) is 2. The van der Waals surface area contributed by atoms with E-state index in [-0.39, 0.29) is 18.1 Å². The second-order valence-corrected chi connectivity index (χ2v) is 8.46. The lowest BCUT2D eigenvalue weighted by Gasteiger charge is -2.26. The highest BCUT2D eigenvalue weighted by atomic mass is 32.2. The first kappa shape index (κ1) is 19.6. The Morgan fingerprint density at radius 2 is 2.00 bits per heavy atom. The number of carbonyl (C=O) groups is 2.